The minimum absolute atomic E-state index is 0.189. The van der Waals surface area contributed by atoms with Crippen LogP contribution in [0.5, 0.6) is 0 Å². The van der Waals surface area contributed by atoms with Crippen molar-refractivity contribution in [1.82, 2.24) is 10.6 Å². The number of para-hydroxylation sites is 1. The molecule has 0 radical (unpaired) electrons. The summed E-state index contributed by atoms with van der Waals surface area (Å²) >= 11 is 0. The van der Waals surface area contributed by atoms with Gasteiger partial charge in [-0.2, -0.15) is 5.10 Å². The number of urea groups is 1. The lowest BCUT2D eigenvalue weighted by atomic mass is 10.1. The number of hydrogen-bond donors (Lipinski definition) is 4. The number of nitrogens with one attached hydrogen (secondary N) is 3. The maximum absolute atomic E-state index is 13.6. The minimum Gasteiger partial charge on any atom is -0.469 e. The lowest BCUT2D eigenvalue weighted by Gasteiger charge is -2.33. The van der Waals surface area contributed by atoms with E-state index >= 15 is 0 Å². The topological polar surface area (TPSA) is 182 Å². The standard InChI is InChI=1S/C24H28N6O7/c1-15(31)27-19(13-20(32)36-2)22(33)30(18-7-5-4-6-8-18)21(23(34)37-3)29-24(35)28-17-11-9-16(10-12-17)14-26-25/h4-12,14,19,21H,13,25H2,1-3H3,(H,27,31)(H2,28,29,35)/t19-,21+/m0/s1. The molecule has 0 unspecified atom stereocenters. The lowest BCUT2D eigenvalue weighted by Crippen LogP contribution is -2.61. The van der Waals surface area contributed by atoms with Crippen LogP contribution >= 0.6 is 0 Å². The monoisotopic (exact) mass is 512 g/mol. The first-order chi connectivity index (χ1) is 17.7. The minimum atomic E-state index is -1.67. The van der Waals surface area contributed by atoms with Gasteiger partial charge >= 0.3 is 18.0 Å². The van der Waals surface area contributed by atoms with Gasteiger partial charge in [0.2, 0.25) is 12.1 Å². The van der Waals surface area contributed by atoms with E-state index in [1.165, 1.54) is 25.3 Å². The van der Waals surface area contributed by atoms with E-state index in [4.69, 9.17) is 10.6 Å². The van der Waals surface area contributed by atoms with Gasteiger partial charge in [0, 0.05) is 18.3 Å². The summed E-state index contributed by atoms with van der Waals surface area (Å²) in [5, 5.41) is 10.8. The summed E-state index contributed by atoms with van der Waals surface area (Å²) in [6.45, 7) is 1.17. The number of anilines is 2. The molecule has 196 valence electrons. The van der Waals surface area contributed by atoms with E-state index in [0.29, 0.717) is 11.3 Å². The molecule has 2 rings (SSSR count). The maximum atomic E-state index is 13.6. The molecule has 0 heterocycles. The number of nitrogens with two attached hydrogens (primary N) is 1. The third-order valence-electron chi connectivity index (χ3n) is 4.89. The van der Waals surface area contributed by atoms with Crippen LogP contribution in [-0.4, -0.2) is 62.4 Å². The Labute approximate surface area is 213 Å². The number of nitrogens with zero attached hydrogens (tertiary/aromatic N) is 2. The van der Waals surface area contributed by atoms with Gasteiger partial charge in [0.05, 0.1) is 26.9 Å². The van der Waals surface area contributed by atoms with E-state index in [2.05, 4.69) is 25.8 Å². The van der Waals surface area contributed by atoms with Gasteiger partial charge in [-0.3, -0.25) is 19.3 Å². The molecule has 4 amide bonds. The molecule has 2 aromatic carbocycles. The van der Waals surface area contributed by atoms with Crippen LogP contribution in [0.15, 0.2) is 59.7 Å². The lowest BCUT2D eigenvalue weighted by molar-refractivity contribution is -0.145. The van der Waals surface area contributed by atoms with Crippen LogP contribution in [0.1, 0.15) is 18.9 Å². The summed E-state index contributed by atoms with van der Waals surface area (Å²) in [7, 11) is 2.21. The van der Waals surface area contributed by atoms with Crippen molar-refractivity contribution < 1.29 is 33.4 Å². The molecule has 0 aromatic heterocycles. The molecule has 0 fully saturated rings. The number of amides is 4. The Hall–Kier alpha value is -4.94. The second-order valence-corrected chi connectivity index (χ2v) is 7.50. The fourth-order valence-corrected chi connectivity index (χ4v) is 3.23. The summed E-state index contributed by atoms with van der Waals surface area (Å²) in [6.07, 6.45) is -0.769. The molecule has 2 aromatic rings. The zero-order chi connectivity index (χ0) is 27.4. The molecule has 0 saturated heterocycles. The highest BCUT2D eigenvalue weighted by Gasteiger charge is 2.38. The molecule has 13 heteroatoms. The Morgan fingerprint density at radius 3 is 2.16 bits per heavy atom. The van der Waals surface area contributed by atoms with Crippen molar-refractivity contribution in [2.24, 2.45) is 10.9 Å². The van der Waals surface area contributed by atoms with E-state index in [-0.39, 0.29) is 5.69 Å². The number of rotatable bonds is 10. The molecule has 0 saturated carbocycles. The van der Waals surface area contributed by atoms with Crippen LogP contribution in [-0.2, 0) is 28.7 Å². The van der Waals surface area contributed by atoms with Gasteiger partial charge in [-0.1, -0.05) is 30.3 Å². The van der Waals surface area contributed by atoms with Crippen molar-refractivity contribution >= 4 is 47.4 Å². The van der Waals surface area contributed by atoms with Crippen molar-refractivity contribution in [3.63, 3.8) is 0 Å². The number of methoxy groups -OCH3 is 2. The number of benzene rings is 2. The van der Waals surface area contributed by atoms with Crippen LogP contribution in [0.3, 0.4) is 0 Å². The summed E-state index contributed by atoms with van der Waals surface area (Å²) in [4.78, 5) is 63.9. The first-order valence-corrected chi connectivity index (χ1v) is 10.9. The van der Waals surface area contributed by atoms with E-state index in [9.17, 15) is 24.0 Å². The summed E-state index contributed by atoms with van der Waals surface area (Å²) in [5.74, 6) is 1.90. The Morgan fingerprint density at radius 1 is 0.973 bits per heavy atom. The van der Waals surface area contributed by atoms with Gasteiger partial charge in [-0.25, -0.2) is 9.59 Å². The van der Waals surface area contributed by atoms with Crippen molar-refractivity contribution in [2.75, 3.05) is 24.4 Å². The normalized spacial score (nSPS) is 12.1. The van der Waals surface area contributed by atoms with Crippen molar-refractivity contribution in [3.05, 3.63) is 60.2 Å². The Balaban J connectivity index is 2.42. The SMILES string of the molecule is COC(=O)C[C@H](NC(C)=O)C(=O)N(c1ccccc1)[C@@H](NC(=O)Nc1ccc(C=NN)cc1)C(=O)OC. The molecule has 2 atom stereocenters. The molecular weight excluding hydrogens is 484 g/mol. The van der Waals surface area contributed by atoms with Crippen LogP contribution in [0.2, 0.25) is 0 Å². The highest BCUT2D eigenvalue weighted by atomic mass is 16.5. The molecular formula is C24H28N6O7. The molecule has 0 aliphatic rings. The van der Waals surface area contributed by atoms with Crippen LogP contribution in [0, 0.1) is 0 Å². The fourth-order valence-electron chi connectivity index (χ4n) is 3.23. The smallest absolute Gasteiger partial charge is 0.350 e. The molecule has 0 aliphatic heterocycles. The second kappa shape index (κ2) is 13.8. The zero-order valence-corrected chi connectivity index (χ0v) is 20.5. The van der Waals surface area contributed by atoms with Crippen LogP contribution in [0.25, 0.3) is 0 Å². The second-order valence-electron chi connectivity index (χ2n) is 7.50. The molecule has 0 spiro atoms. The number of carbonyl (C=O) groups excluding carboxylic acids is 5. The zero-order valence-electron chi connectivity index (χ0n) is 20.5. The quantitative estimate of drug-likeness (QED) is 0.118. The molecule has 37 heavy (non-hydrogen) atoms. The Bertz CT molecular complexity index is 1140. The van der Waals surface area contributed by atoms with Gasteiger partial charge in [0.15, 0.2) is 0 Å². The number of carbonyl (C=O) groups is 5. The number of esters is 2. The van der Waals surface area contributed by atoms with Gasteiger partial charge in [-0.05, 0) is 29.8 Å². The summed E-state index contributed by atoms with van der Waals surface area (Å²) in [6, 6.07) is 12.1. The van der Waals surface area contributed by atoms with Gasteiger partial charge in [-0.15, -0.1) is 0 Å². The van der Waals surface area contributed by atoms with Gasteiger partial charge < -0.3 is 31.3 Å². The number of hydrogen-bond acceptors (Lipinski definition) is 9. The molecule has 0 bridgehead atoms. The third-order valence-corrected chi connectivity index (χ3v) is 4.89. The van der Waals surface area contributed by atoms with Crippen molar-refractivity contribution in [2.45, 2.75) is 25.6 Å². The average Bonchev–Trinajstić information content (AvgIpc) is 2.88. The number of hydrazone groups is 1. The largest absolute Gasteiger partial charge is 0.469 e. The van der Waals surface area contributed by atoms with Gasteiger partial charge in [0.1, 0.15) is 6.04 Å². The summed E-state index contributed by atoms with van der Waals surface area (Å²) < 4.78 is 9.48. The Kier molecular flexibility index (Phi) is 10.6. The van der Waals surface area contributed by atoms with Crippen molar-refractivity contribution in [3.8, 4) is 0 Å². The van der Waals surface area contributed by atoms with E-state index in [1.807, 2.05) is 0 Å². The first-order valence-electron chi connectivity index (χ1n) is 10.9. The highest BCUT2D eigenvalue weighted by molar-refractivity contribution is 6.06. The molecule has 0 aliphatic carbocycles. The first kappa shape index (κ1) is 28.3. The van der Waals surface area contributed by atoms with E-state index < -0.39 is 48.4 Å². The Morgan fingerprint density at radius 2 is 1.62 bits per heavy atom. The van der Waals surface area contributed by atoms with E-state index in [1.54, 1.807) is 42.5 Å². The van der Waals surface area contributed by atoms with E-state index in [0.717, 1.165) is 19.1 Å². The highest BCUT2D eigenvalue weighted by Crippen LogP contribution is 2.19. The van der Waals surface area contributed by atoms with Crippen LogP contribution < -0.4 is 26.7 Å². The predicted molar refractivity (Wildman–Crippen MR) is 134 cm³/mol. The van der Waals surface area contributed by atoms with Gasteiger partial charge in [0.25, 0.3) is 5.91 Å². The maximum Gasteiger partial charge on any atom is 0.350 e. The summed E-state index contributed by atoms with van der Waals surface area (Å²) in [5.41, 5.74) is 1.25. The predicted octanol–water partition coefficient (Wildman–Crippen LogP) is 0.701. The fraction of sp³-hybridized carbons (Fsp3) is 0.250. The van der Waals surface area contributed by atoms with Crippen molar-refractivity contribution in [1.29, 1.82) is 0 Å². The molecule has 5 N–H and O–H groups in total. The molecule has 13 nitrogen and oxygen atoms in total. The third kappa shape index (κ3) is 8.35. The van der Waals surface area contributed by atoms with Crippen LogP contribution in [0.4, 0.5) is 16.2 Å². The average molecular weight is 513 g/mol. The number of ether oxygens (including phenoxy) is 2.